The number of aryl methyl sites for hydroxylation is 1. The van der Waals surface area contributed by atoms with E-state index in [1.165, 1.54) is 4.31 Å². The quantitative estimate of drug-likeness (QED) is 0.681. The fourth-order valence-electron chi connectivity index (χ4n) is 3.55. The second-order valence-corrected chi connectivity index (χ2v) is 9.26. The molecule has 0 saturated carbocycles. The molecule has 0 unspecified atom stereocenters. The molecule has 1 fully saturated rings. The first kappa shape index (κ1) is 18.8. The molecule has 5 nitrogen and oxygen atoms in total. The Morgan fingerprint density at radius 3 is 2.50 bits per heavy atom. The Hall–Kier alpha value is -2.57. The van der Waals surface area contributed by atoms with Gasteiger partial charge >= 0.3 is 0 Å². The molecule has 1 aliphatic heterocycles. The van der Waals surface area contributed by atoms with Crippen molar-refractivity contribution in [3.05, 3.63) is 70.7 Å². The van der Waals surface area contributed by atoms with Crippen LogP contribution in [0.2, 0.25) is 5.02 Å². The number of anilines is 2. The van der Waals surface area contributed by atoms with Crippen molar-refractivity contribution in [2.24, 2.45) is 0 Å². The van der Waals surface area contributed by atoms with Crippen LogP contribution in [-0.4, -0.2) is 26.6 Å². The summed E-state index contributed by atoms with van der Waals surface area (Å²) in [6.45, 7) is 2.45. The highest BCUT2D eigenvalue weighted by Gasteiger charge is 2.28. The van der Waals surface area contributed by atoms with Crippen molar-refractivity contribution >= 4 is 49.7 Å². The number of nitrogens with one attached hydrogen (secondary N) is 1. The van der Waals surface area contributed by atoms with Gasteiger partial charge in [0, 0.05) is 33.6 Å². The fraction of sp³-hybridized carbons (Fsp3) is 0.190. The summed E-state index contributed by atoms with van der Waals surface area (Å²) in [5, 5.41) is 5.36. The minimum absolute atomic E-state index is 0.165. The lowest BCUT2D eigenvalue weighted by molar-refractivity contribution is 0.102. The molecule has 4 rings (SSSR count). The van der Waals surface area contributed by atoms with E-state index in [0.29, 0.717) is 34.9 Å². The van der Waals surface area contributed by atoms with Gasteiger partial charge < -0.3 is 5.32 Å². The molecule has 1 N–H and O–H groups in total. The molecular formula is C21H19ClN2O3S. The van der Waals surface area contributed by atoms with E-state index < -0.39 is 10.0 Å². The summed E-state index contributed by atoms with van der Waals surface area (Å²) < 4.78 is 25.5. The third-order valence-electron chi connectivity index (χ3n) is 4.96. The number of benzene rings is 3. The maximum Gasteiger partial charge on any atom is 0.255 e. The largest absolute Gasteiger partial charge is 0.321 e. The predicted octanol–water partition coefficient (Wildman–Crippen LogP) is 4.59. The van der Waals surface area contributed by atoms with Gasteiger partial charge in [-0.25, -0.2) is 8.42 Å². The predicted molar refractivity (Wildman–Crippen MR) is 114 cm³/mol. The Morgan fingerprint density at radius 2 is 1.82 bits per heavy atom. The summed E-state index contributed by atoms with van der Waals surface area (Å²) in [4.78, 5) is 12.7. The monoisotopic (exact) mass is 414 g/mol. The van der Waals surface area contributed by atoms with Crippen molar-refractivity contribution in [3.63, 3.8) is 0 Å². The van der Waals surface area contributed by atoms with Gasteiger partial charge in [0.05, 0.1) is 11.4 Å². The lowest BCUT2D eigenvalue weighted by Crippen LogP contribution is -2.25. The van der Waals surface area contributed by atoms with Crippen molar-refractivity contribution in [1.29, 1.82) is 0 Å². The molecule has 0 spiro atoms. The molecule has 0 atom stereocenters. The summed E-state index contributed by atoms with van der Waals surface area (Å²) in [7, 11) is -3.23. The van der Waals surface area contributed by atoms with Gasteiger partial charge in [0.1, 0.15) is 0 Å². The van der Waals surface area contributed by atoms with Crippen LogP contribution in [0.5, 0.6) is 0 Å². The molecule has 3 aromatic carbocycles. The summed E-state index contributed by atoms with van der Waals surface area (Å²) in [5.74, 6) is -0.0980. The highest BCUT2D eigenvalue weighted by molar-refractivity contribution is 7.93. The topological polar surface area (TPSA) is 66.5 Å². The summed E-state index contributed by atoms with van der Waals surface area (Å²) >= 11 is 6.32. The van der Waals surface area contributed by atoms with Crippen LogP contribution in [0, 0.1) is 6.92 Å². The maximum absolute atomic E-state index is 12.7. The number of sulfonamides is 1. The first-order valence-electron chi connectivity index (χ1n) is 8.96. The average Bonchev–Trinajstić information content (AvgIpc) is 3.03. The second-order valence-electron chi connectivity index (χ2n) is 6.84. The fourth-order valence-corrected chi connectivity index (χ4v) is 5.43. The van der Waals surface area contributed by atoms with Crippen molar-refractivity contribution in [1.82, 2.24) is 0 Å². The number of nitrogens with zero attached hydrogens (tertiary/aromatic N) is 1. The number of halogens is 1. The Bertz CT molecular complexity index is 1170. The zero-order valence-corrected chi connectivity index (χ0v) is 16.8. The number of carbonyl (C=O) groups excluding carboxylic acids is 1. The number of hydrogen-bond donors (Lipinski definition) is 1. The van der Waals surface area contributed by atoms with Crippen molar-refractivity contribution in [3.8, 4) is 0 Å². The SMILES string of the molecule is Cc1cccc2c(NC(=O)c3ccc(N4CCCS4(=O)=O)cc3)ccc(Cl)c12. The minimum Gasteiger partial charge on any atom is -0.321 e. The van der Waals surface area contributed by atoms with Gasteiger partial charge in [0.15, 0.2) is 0 Å². The normalized spacial score (nSPS) is 15.7. The molecule has 28 heavy (non-hydrogen) atoms. The number of fused-ring (bicyclic) bond motifs is 1. The minimum atomic E-state index is -3.23. The number of rotatable bonds is 3. The first-order chi connectivity index (χ1) is 13.4. The van der Waals surface area contributed by atoms with Crippen molar-refractivity contribution < 1.29 is 13.2 Å². The van der Waals surface area contributed by atoms with Crippen LogP contribution in [0.4, 0.5) is 11.4 Å². The molecule has 144 valence electrons. The molecule has 7 heteroatoms. The Balaban J connectivity index is 1.61. The van der Waals surface area contributed by atoms with E-state index in [4.69, 9.17) is 11.6 Å². The molecule has 0 radical (unpaired) electrons. The first-order valence-corrected chi connectivity index (χ1v) is 11.0. The van der Waals surface area contributed by atoms with Gasteiger partial charge in [-0.15, -0.1) is 0 Å². The second kappa shape index (κ2) is 7.11. The number of amides is 1. The molecule has 1 aliphatic rings. The van der Waals surface area contributed by atoms with Crippen LogP contribution in [-0.2, 0) is 10.0 Å². The zero-order valence-electron chi connectivity index (χ0n) is 15.3. The summed E-state index contributed by atoms with van der Waals surface area (Å²) in [6, 6.07) is 16.0. The van der Waals surface area contributed by atoms with Gasteiger partial charge in [0.25, 0.3) is 5.91 Å². The van der Waals surface area contributed by atoms with E-state index in [0.717, 1.165) is 16.3 Å². The van der Waals surface area contributed by atoms with Crippen LogP contribution in [0.15, 0.2) is 54.6 Å². The third kappa shape index (κ3) is 3.34. The summed E-state index contributed by atoms with van der Waals surface area (Å²) in [6.07, 6.45) is 0.619. The molecule has 0 aliphatic carbocycles. The van der Waals surface area contributed by atoms with E-state index in [1.54, 1.807) is 36.4 Å². The van der Waals surface area contributed by atoms with Gasteiger partial charge in [-0.05, 0) is 55.3 Å². The molecule has 1 heterocycles. The van der Waals surface area contributed by atoms with Gasteiger partial charge in [-0.3, -0.25) is 9.10 Å². The van der Waals surface area contributed by atoms with Crippen molar-refractivity contribution in [2.75, 3.05) is 21.9 Å². The van der Waals surface area contributed by atoms with Crippen LogP contribution >= 0.6 is 11.6 Å². The van der Waals surface area contributed by atoms with E-state index in [9.17, 15) is 13.2 Å². The maximum atomic E-state index is 12.7. The molecule has 1 saturated heterocycles. The van der Waals surface area contributed by atoms with E-state index in [2.05, 4.69) is 5.32 Å². The molecule has 0 aromatic heterocycles. The smallest absolute Gasteiger partial charge is 0.255 e. The highest BCUT2D eigenvalue weighted by Crippen LogP contribution is 2.32. The van der Waals surface area contributed by atoms with Crippen LogP contribution in [0.25, 0.3) is 10.8 Å². The van der Waals surface area contributed by atoms with E-state index >= 15 is 0 Å². The molecule has 3 aromatic rings. The lowest BCUT2D eigenvalue weighted by Gasteiger charge is -2.17. The standard InChI is InChI=1S/C21H19ClN2O3S/c1-14-4-2-5-17-19(11-10-18(22)20(14)17)23-21(25)15-6-8-16(9-7-15)24-12-3-13-28(24,26)27/h2,4-11H,3,12-13H2,1H3,(H,23,25). The summed E-state index contributed by atoms with van der Waals surface area (Å²) in [5.41, 5.74) is 2.76. The Morgan fingerprint density at radius 1 is 1.07 bits per heavy atom. The van der Waals surface area contributed by atoms with E-state index in [-0.39, 0.29) is 11.7 Å². The average molecular weight is 415 g/mol. The van der Waals surface area contributed by atoms with Gasteiger partial charge in [-0.2, -0.15) is 0 Å². The Kier molecular flexibility index (Phi) is 4.77. The number of hydrogen-bond acceptors (Lipinski definition) is 3. The number of carbonyl (C=O) groups is 1. The van der Waals surface area contributed by atoms with Gasteiger partial charge in [0.2, 0.25) is 10.0 Å². The van der Waals surface area contributed by atoms with Crippen LogP contribution < -0.4 is 9.62 Å². The highest BCUT2D eigenvalue weighted by atomic mass is 35.5. The van der Waals surface area contributed by atoms with Crippen molar-refractivity contribution in [2.45, 2.75) is 13.3 Å². The lowest BCUT2D eigenvalue weighted by atomic mass is 10.0. The third-order valence-corrected chi connectivity index (χ3v) is 7.15. The van der Waals surface area contributed by atoms with E-state index in [1.807, 2.05) is 25.1 Å². The van der Waals surface area contributed by atoms with Crippen LogP contribution in [0.3, 0.4) is 0 Å². The van der Waals surface area contributed by atoms with Crippen LogP contribution in [0.1, 0.15) is 22.3 Å². The molecular weight excluding hydrogens is 396 g/mol. The Labute approximate surface area is 169 Å². The van der Waals surface area contributed by atoms with Gasteiger partial charge in [-0.1, -0.05) is 29.8 Å². The zero-order chi connectivity index (χ0) is 19.9. The molecule has 0 bridgehead atoms. The molecule has 1 amide bonds.